The fourth-order valence-corrected chi connectivity index (χ4v) is 6.07. The van der Waals surface area contributed by atoms with Crippen LogP contribution in [0.25, 0.3) is 88.9 Å². The summed E-state index contributed by atoms with van der Waals surface area (Å²) in [5, 5.41) is 4.30. The molecule has 5 aromatic carbocycles. The number of hydrogen-bond acceptors (Lipinski definition) is 4. The smallest absolute Gasteiger partial charge is 0.501 e. The van der Waals surface area contributed by atoms with Crippen molar-refractivity contribution in [3.05, 3.63) is 146 Å². The minimum Gasteiger partial charge on any atom is -0.501 e. The largest absolute Gasteiger partial charge is 2.00 e. The first-order valence-electron chi connectivity index (χ1n) is 14.5. The number of hydrogen-bond donors (Lipinski definition) is 0. The Bertz CT molecular complexity index is 2350. The summed E-state index contributed by atoms with van der Waals surface area (Å²) in [6, 6.07) is 51.4. The third-order valence-electron chi connectivity index (χ3n) is 8.14. The van der Waals surface area contributed by atoms with Gasteiger partial charge in [0.1, 0.15) is 11.2 Å². The molecule has 4 nitrogen and oxygen atoms in total. The molecule has 0 aliphatic heterocycles. The van der Waals surface area contributed by atoms with Crippen LogP contribution in [-0.4, -0.2) is 9.97 Å². The van der Waals surface area contributed by atoms with E-state index in [1.165, 1.54) is 0 Å². The van der Waals surface area contributed by atoms with E-state index in [-0.39, 0.29) is 21.1 Å². The molecule has 9 rings (SSSR count). The van der Waals surface area contributed by atoms with Crippen molar-refractivity contribution in [3.8, 4) is 45.0 Å². The number of para-hydroxylation sites is 2. The van der Waals surface area contributed by atoms with Gasteiger partial charge in [0.2, 0.25) is 0 Å². The van der Waals surface area contributed by atoms with E-state index in [0.29, 0.717) is 0 Å². The Labute approximate surface area is 273 Å². The molecule has 45 heavy (non-hydrogen) atoms. The van der Waals surface area contributed by atoms with Gasteiger partial charge in [-0.25, -0.2) is 0 Å². The van der Waals surface area contributed by atoms with Crippen LogP contribution in [-0.2, 0) is 21.1 Å². The molecule has 0 aliphatic carbocycles. The summed E-state index contributed by atoms with van der Waals surface area (Å²) < 4.78 is 12.5. The quantitative estimate of drug-likeness (QED) is 0.168. The van der Waals surface area contributed by atoms with Gasteiger partial charge in [-0.15, -0.1) is 36.4 Å². The van der Waals surface area contributed by atoms with E-state index in [0.717, 1.165) is 88.9 Å². The van der Waals surface area contributed by atoms with Gasteiger partial charge in [-0.05, 0) is 52.8 Å². The van der Waals surface area contributed by atoms with Crippen molar-refractivity contribution in [2.45, 2.75) is 0 Å². The van der Waals surface area contributed by atoms with E-state index >= 15 is 0 Å². The fraction of sp³-hybridized carbons (Fsp3) is 0. The number of fused-ring (bicyclic) bond motifs is 6. The first-order chi connectivity index (χ1) is 21.8. The summed E-state index contributed by atoms with van der Waals surface area (Å²) >= 11 is 0. The molecule has 0 amide bonds. The van der Waals surface area contributed by atoms with Gasteiger partial charge in [0.15, 0.2) is 0 Å². The molecule has 0 saturated carbocycles. The molecule has 4 aromatic heterocycles. The van der Waals surface area contributed by atoms with E-state index in [2.05, 4.69) is 42.5 Å². The average Bonchev–Trinajstić information content (AvgIpc) is 3.67. The number of aromatic nitrogens is 2. The standard InChI is InChI=1S/C40H22N2O2.Pt/c1-3-22-37-27(12-1)29-14-6-16-31(39(29)43-37)35-20-8-18-33(41-35)25-10-5-11-26(24-25)34-19-9-21-36(42-34)32-17-7-15-30-28-13-2-4-23-38(28)44-40(30)32;/h1-15,18-24H;/q-2;+2. The molecule has 0 saturated heterocycles. The summed E-state index contributed by atoms with van der Waals surface area (Å²) in [6.07, 6.45) is 0. The van der Waals surface area contributed by atoms with Crippen LogP contribution >= 0.6 is 0 Å². The number of pyridine rings is 2. The van der Waals surface area contributed by atoms with Crippen LogP contribution in [0.15, 0.2) is 142 Å². The van der Waals surface area contributed by atoms with E-state index in [1.807, 2.05) is 103 Å². The van der Waals surface area contributed by atoms with Gasteiger partial charge in [0.05, 0.1) is 22.6 Å². The predicted octanol–water partition coefficient (Wildman–Crippen LogP) is 10.5. The fourth-order valence-electron chi connectivity index (χ4n) is 6.07. The van der Waals surface area contributed by atoms with Crippen LogP contribution in [0.3, 0.4) is 0 Å². The second-order valence-electron chi connectivity index (χ2n) is 10.8. The predicted molar refractivity (Wildman–Crippen MR) is 176 cm³/mol. The van der Waals surface area contributed by atoms with Crippen molar-refractivity contribution >= 4 is 43.9 Å². The Balaban J connectivity index is 0.00000300. The molecule has 0 bridgehead atoms. The molecule has 0 atom stereocenters. The maximum atomic E-state index is 6.26. The van der Waals surface area contributed by atoms with Gasteiger partial charge in [0.25, 0.3) is 0 Å². The third kappa shape index (κ3) is 4.58. The van der Waals surface area contributed by atoms with Crippen molar-refractivity contribution in [3.63, 3.8) is 0 Å². The summed E-state index contributed by atoms with van der Waals surface area (Å²) in [4.78, 5) is 10.1. The minimum atomic E-state index is 0. The zero-order chi connectivity index (χ0) is 29.0. The van der Waals surface area contributed by atoms with Crippen LogP contribution in [0.1, 0.15) is 0 Å². The van der Waals surface area contributed by atoms with Gasteiger partial charge in [-0.2, -0.15) is 0 Å². The van der Waals surface area contributed by atoms with Crippen LogP contribution in [0, 0.1) is 12.1 Å². The molecule has 214 valence electrons. The number of benzene rings is 5. The minimum absolute atomic E-state index is 0. The summed E-state index contributed by atoms with van der Waals surface area (Å²) in [5.74, 6) is 0. The molecule has 5 heteroatoms. The van der Waals surface area contributed by atoms with Crippen molar-refractivity contribution in [1.29, 1.82) is 0 Å². The molecule has 0 N–H and O–H groups in total. The molecule has 0 aliphatic rings. The monoisotopic (exact) mass is 757 g/mol. The number of furan rings is 2. The molecular formula is C40H22N2O2Pt. The molecule has 0 unspecified atom stereocenters. The second-order valence-corrected chi connectivity index (χ2v) is 10.8. The first kappa shape index (κ1) is 27.3. The van der Waals surface area contributed by atoms with Crippen LogP contribution < -0.4 is 0 Å². The van der Waals surface area contributed by atoms with E-state index < -0.39 is 0 Å². The SMILES string of the molecule is [Pt+2].[c-]1ccc2c(oc3ccccc32)c1-c1cccc(-c2cccc(-c3cccc(-c4[c-]ccc5c4oc4ccccc45)n3)c2)n1. The summed E-state index contributed by atoms with van der Waals surface area (Å²) in [6.45, 7) is 0. The van der Waals surface area contributed by atoms with Gasteiger partial charge in [-0.3, -0.25) is 9.97 Å². The normalized spacial score (nSPS) is 11.4. The molecule has 9 aromatic rings. The third-order valence-corrected chi connectivity index (χ3v) is 8.14. The Kier molecular flexibility index (Phi) is 6.66. The van der Waals surface area contributed by atoms with Gasteiger partial charge >= 0.3 is 21.1 Å². The second kappa shape index (κ2) is 11.0. The zero-order valence-corrected chi connectivity index (χ0v) is 26.0. The van der Waals surface area contributed by atoms with Crippen molar-refractivity contribution in [2.75, 3.05) is 0 Å². The van der Waals surface area contributed by atoms with E-state index in [4.69, 9.17) is 18.8 Å². The Hall–Kier alpha value is -5.31. The maximum Gasteiger partial charge on any atom is 2.00 e. The van der Waals surface area contributed by atoms with Crippen LogP contribution in [0.2, 0.25) is 0 Å². The Morgan fingerprint density at radius 1 is 0.422 bits per heavy atom. The Morgan fingerprint density at radius 3 is 1.38 bits per heavy atom. The first-order valence-corrected chi connectivity index (χ1v) is 14.5. The van der Waals surface area contributed by atoms with Crippen LogP contribution in [0.4, 0.5) is 0 Å². The summed E-state index contributed by atoms with van der Waals surface area (Å²) in [5.41, 5.74) is 10.4. The van der Waals surface area contributed by atoms with Gasteiger partial charge in [-0.1, -0.05) is 101 Å². The number of nitrogens with zero attached hydrogens (tertiary/aromatic N) is 2. The van der Waals surface area contributed by atoms with Gasteiger partial charge in [0, 0.05) is 10.8 Å². The summed E-state index contributed by atoms with van der Waals surface area (Å²) in [7, 11) is 0. The maximum absolute atomic E-state index is 6.26. The molecular weight excluding hydrogens is 736 g/mol. The van der Waals surface area contributed by atoms with E-state index in [1.54, 1.807) is 0 Å². The van der Waals surface area contributed by atoms with Crippen LogP contribution in [0.5, 0.6) is 0 Å². The van der Waals surface area contributed by atoms with Crippen molar-refractivity contribution in [2.24, 2.45) is 0 Å². The molecule has 0 radical (unpaired) electrons. The molecule has 0 fully saturated rings. The number of rotatable bonds is 4. The average molecular weight is 758 g/mol. The van der Waals surface area contributed by atoms with E-state index in [9.17, 15) is 0 Å². The van der Waals surface area contributed by atoms with Crippen molar-refractivity contribution in [1.82, 2.24) is 9.97 Å². The Morgan fingerprint density at radius 2 is 0.867 bits per heavy atom. The molecule has 0 spiro atoms. The van der Waals surface area contributed by atoms with Gasteiger partial charge < -0.3 is 8.83 Å². The zero-order valence-electron chi connectivity index (χ0n) is 23.7. The topological polar surface area (TPSA) is 52.1 Å². The molecule has 4 heterocycles. The van der Waals surface area contributed by atoms with Crippen molar-refractivity contribution < 1.29 is 29.9 Å².